The summed E-state index contributed by atoms with van der Waals surface area (Å²) in [5.74, 6) is -0.162. The maximum absolute atomic E-state index is 12.3. The smallest absolute Gasteiger partial charge is 0.272 e. The van der Waals surface area contributed by atoms with Crippen LogP contribution in [0.5, 0.6) is 0 Å². The molecule has 1 N–H and O–H groups in total. The molecule has 1 aromatic heterocycles. The van der Waals surface area contributed by atoms with Crippen molar-refractivity contribution in [3.8, 4) is 0 Å². The third-order valence-corrected chi connectivity index (χ3v) is 4.25. The van der Waals surface area contributed by atoms with Crippen LogP contribution in [0.25, 0.3) is 0 Å². The van der Waals surface area contributed by atoms with Gasteiger partial charge in [-0.05, 0) is 53.8 Å². The Bertz CT molecular complexity index is 627. The zero-order valence-electron chi connectivity index (χ0n) is 10.1. The summed E-state index contributed by atoms with van der Waals surface area (Å²) in [6, 6.07) is 7.42. The van der Waals surface area contributed by atoms with E-state index in [0.717, 1.165) is 13.7 Å². The van der Waals surface area contributed by atoms with Crippen molar-refractivity contribution in [2.75, 3.05) is 5.32 Å². The van der Waals surface area contributed by atoms with Crippen molar-refractivity contribution in [3.63, 3.8) is 0 Å². The number of nitrogens with one attached hydrogen (secondary N) is 1. The van der Waals surface area contributed by atoms with Gasteiger partial charge in [-0.3, -0.25) is 4.79 Å². The first-order valence-electron chi connectivity index (χ1n) is 5.63. The van der Waals surface area contributed by atoms with E-state index in [2.05, 4.69) is 43.8 Å². The van der Waals surface area contributed by atoms with Gasteiger partial charge in [0.05, 0.1) is 10.7 Å². The van der Waals surface area contributed by atoms with Crippen LogP contribution in [0.2, 0.25) is 5.02 Å². The Morgan fingerprint density at radius 3 is 2.89 bits per heavy atom. The van der Waals surface area contributed by atoms with E-state index < -0.39 is 0 Å². The van der Waals surface area contributed by atoms with Gasteiger partial charge >= 0.3 is 0 Å². The number of hydrogen-bond donors (Lipinski definition) is 1. The van der Waals surface area contributed by atoms with Crippen LogP contribution in [0.1, 0.15) is 17.4 Å². The number of nitrogens with zero attached hydrogens (tertiary/aromatic N) is 1. The highest BCUT2D eigenvalue weighted by Gasteiger charge is 2.14. The Balaban J connectivity index is 2.27. The molecule has 1 amide bonds. The lowest BCUT2D eigenvalue weighted by atomic mass is 10.3. The molecule has 0 aliphatic heterocycles. The Labute approximate surface area is 138 Å². The lowest BCUT2D eigenvalue weighted by Crippen LogP contribution is -2.17. The summed E-state index contributed by atoms with van der Waals surface area (Å²) in [6.07, 6.45) is 1.75. The highest BCUT2D eigenvalue weighted by Crippen LogP contribution is 2.24. The van der Waals surface area contributed by atoms with Gasteiger partial charge in [0, 0.05) is 20.8 Å². The quantitative estimate of drug-likeness (QED) is 0.667. The molecule has 0 radical (unpaired) electrons. The molecule has 3 nitrogen and oxygen atoms in total. The van der Waals surface area contributed by atoms with Gasteiger partial charge in [-0.1, -0.05) is 27.5 Å². The van der Waals surface area contributed by atoms with Crippen LogP contribution in [0, 0.1) is 3.57 Å². The lowest BCUT2D eigenvalue weighted by Gasteiger charge is -2.09. The molecule has 0 saturated heterocycles. The molecule has 0 fully saturated rings. The molecule has 1 heterocycles. The van der Waals surface area contributed by atoms with Crippen LogP contribution in [0.15, 0.2) is 34.9 Å². The minimum absolute atomic E-state index is 0.162. The molecule has 0 atom stereocenters. The molecule has 1 aromatic carbocycles. The van der Waals surface area contributed by atoms with Gasteiger partial charge < -0.3 is 9.88 Å². The molecule has 19 heavy (non-hydrogen) atoms. The second-order valence-electron chi connectivity index (χ2n) is 3.91. The molecule has 6 heteroatoms. The van der Waals surface area contributed by atoms with Crippen LogP contribution in [0.4, 0.5) is 5.69 Å². The van der Waals surface area contributed by atoms with E-state index in [9.17, 15) is 4.79 Å². The molecule has 0 aliphatic carbocycles. The SMILES string of the molecule is CCn1cc(Cl)cc1C(=O)Nc1cc(Br)ccc1I. The first-order valence-corrected chi connectivity index (χ1v) is 7.88. The number of aromatic nitrogens is 1. The molecule has 2 aromatic rings. The summed E-state index contributed by atoms with van der Waals surface area (Å²) in [7, 11) is 0. The second-order valence-corrected chi connectivity index (χ2v) is 6.42. The average Bonchev–Trinajstić information content (AvgIpc) is 2.75. The van der Waals surface area contributed by atoms with Crippen molar-refractivity contribution in [2.45, 2.75) is 13.5 Å². The van der Waals surface area contributed by atoms with E-state index in [-0.39, 0.29) is 5.91 Å². The number of amides is 1. The lowest BCUT2D eigenvalue weighted by molar-refractivity contribution is 0.101. The highest BCUT2D eigenvalue weighted by molar-refractivity contribution is 14.1. The number of anilines is 1. The van der Waals surface area contributed by atoms with Crippen LogP contribution >= 0.6 is 50.1 Å². The Kier molecular flexibility index (Phi) is 4.92. The Hall–Kier alpha value is -0.530. The summed E-state index contributed by atoms with van der Waals surface area (Å²) in [5.41, 5.74) is 1.34. The predicted molar refractivity (Wildman–Crippen MR) is 89.9 cm³/mol. The third-order valence-electron chi connectivity index (χ3n) is 2.61. The van der Waals surface area contributed by atoms with Crippen LogP contribution in [-0.2, 0) is 6.54 Å². The summed E-state index contributed by atoms with van der Waals surface area (Å²) < 4.78 is 3.73. The van der Waals surface area contributed by atoms with Gasteiger partial charge in [-0.2, -0.15) is 0 Å². The van der Waals surface area contributed by atoms with Gasteiger partial charge in [0.2, 0.25) is 0 Å². The maximum Gasteiger partial charge on any atom is 0.272 e. The first kappa shape index (κ1) is 14.9. The number of carbonyl (C=O) groups excluding carboxylic acids is 1. The fourth-order valence-electron chi connectivity index (χ4n) is 1.71. The number of benzene rings is 1. The average molecular weight is 454 g/mol. The molecule has 2 rings (SSSR count). The number of hydrogen-bond acceptors (Lipinski definition) is 1. The first-order chi connectivity index (χ1) is 9.01. The van der Waals surface area contributed by atoms with E-state index in [1.807, 2.05) is 29.7 Å². The minimum atomic E-state index is -0.162. The van der Waals surface area contributed by atoms with Crippen molar-refractivity contribution in [1.82, 2.24) is 4.57 Å². The third kappa shape index (κ3) is 3.52. The van der Waals surface area contributed by atoms with Crippen molar-refractivity contribution >= 4 is 61.7 Å². The monoisotopic (exact) mass is 452 g/mol. The molecule has 0 aliphatic rings. The molecule has 0 saturated carbocycles. The van der Waals surface area contributed by atoms with Crippen LogP contribution in [0.3, 0.4) is 0 Å². The molecule has 0 spiro atoms. The fourth-order valence-corrected chi connectivity index (χ4v) is 2.76. The molecule has 0 unspecified atom stereocenters. The van der Waals surface area contributed by atoms with E-state index >= 15 is 0 Å². The van der Waals surface area contributed by atoms with Gasteiger partial charge in [0.25, 0.3) is 5.91 Å². The normalized spacial score (nSPS) is 10.5. The molecule has 0 bridgehead atoms. The summed E-state index contributed by atoms with van der Waals surface area (Å²) in [4.78, 5) is 12.3. The van der Waals surface area contributed by atoms with Crippen molar-refractivity contribution < 1.29 is 4.79 Å². The second kappa shape index (κ2) is 6.28. The van der Waals surface area contributed by atoms with E-state index in [1.165, 1.54) is 0 Å². The molecular formula is C13H11BrClIN2O. The summed E-state index contributed by atoms with van der Waals surface area (Å²) in [5, 5.41) is 3.47. The Morgan fingerprint density at radius 2 is 2.21 bits per heavy atom. The van der Waals surface area contributed by atoms with Crippen LogP contribution in [-0.4, -0.2) is 10.5 Å². The summed E-state index contributed by atoms with van der Waals surface area (Å²) >= 11 is 11.5. The van der Waals surface area contributed by atoms with E-state index in [4.69, 9.17) is 11.6 Å². The molecular weight excluding hydrogens is 442 g/mol. The number of aryl methyl sites for hydroxylation is 1. The minimum Gasteiger partial charge on any atom is -0.342 e. The largest absolute Gasteiger partial charge is 0.342 e. The highest BCUT2D eigenvalue weighted by atomic mass is 127. The standard InChI is InChI=1S/C13H11BrClIN2O/c1-2-18-7-9(15)6-12(18)13(19)17-11-5-8(14)3-4-10(11)16/h3-7H,2H2,1H3,(H,17,19). The number of rotatable bonds is 3. The topological polar surface area (TPSA) is 34.0 Å². The summed E-state index contributed by atoms with van der Waals surface area (Å²) in [6.45, 7) is 2.67. The maximum atomic E-state index is 12.3. The van der Waals surface area contributed by atoms with Crippen molar-refractivity contribution in [2.24, 2.45) is 0 Å². The van der Waals surface area contributed by atoms with Gasteiger partial charge in [-0.15, -0.1) is 0 Å². The predicted octanol–water partition coefficient (Wildman–Crippen LogP) is 4.78. The zero-order chi connectivity index (χ0) is 14.0. The van der Waals surface area contributed by atoms with Crippen molar-refractivity contribution in [3.05, 3.63) is 49.2 Å². The fraction of sp³-hybridized carbons (Fsp3) is 0.154. The molecule has 100 valence electrons. The van der Waals surface area contributed by atoms with Crippen LogP contribution < -0.4 is 5.32 Å². The van der Waals surface area contributed by atoms with Gasteiger partial charge in [-0.25, -0.2) is 0 Å². The number of carbonyl (C=O) groups is 1. The van der Waals surface area contributed by atoms with E-state index in [1.54, 1.807) is 12.3 Å². The van der Waals surface area contributed by atoms with E-state index in [0.29, 0.717) is 17.3 Å². The van der Waals surface area contributed by atoms with Crippen molar-refractivity contribution in [1.29, 1.82) is 0 Å². The zero-order valence-corrected chi connectivity index (χ0v) is 14.6. The number of halogens is 3. The van der Waals surface area contributed by atoms with Gasteiger partial charge in [0.15, 0.2) is 0 Å². The Morgan fingerprint density at radius 1 is 1.47 bits per heavy atom. The van der Waals surface area contributed by atoms with Gasteiger partial charge in [0.1, 0.15) is 5.69 Å².